The Labute approximate surface area is 217 Å². The van der Waals surface area contributed by atoms with E-state index in [4.69, 9.17) is 14.5 Å². The van der Waals surface area contributed by atoms with E-state index in [9.17, 15) is 0 Å². The van der Waals surface area contributed by atoms with Crippen LogP contribution in [0.4, 0.5) is 0 Å². The zero-order chi connectivity index (χ0) is 22.6. The molecule has 2 aliphatic heterocycles. The van der Waals surface area contributed by atoms with Crippen LogP contribution < -0.4 is 5.32 Å². The molecule has 0 bridgehead atoms. The first-order valence-corrected chi connectivity index (χ1v) is 12.3. The van der Waals surface area contributed by atoms with Crippen molar-refractivity contribution < 1.29 is 9.47 Å². The number of likely N-dealkylation sites (N-methyl/N-ethyl adjacent to an activating group) is 1. The Balaban J connectivity index is 0.00000385. The van der Waals surface area contributed by atoms with Gasteiger partial charge >= 0.3 is 0 Å². The molecule has 1 atom stereocenters. The fraction of sp³-hybridized carbons (Fsp3) is 0.720. The normalized spacial score (nSPS) is 20.2. The predicted molar refractivity (Wildman–Crippen MR) is 146 cm³/mol. The highest BCUT2D eigenvalue weighted by atomic mass is 127. The number of halogens is 1. The largest absolute Gasteiger partial charge is 0.382 e. The molecule has 1 N–H and O–H groups in total. The number of methoxy groups -OCH3 is 1. The third-order valence-corrected chi connectivity index (χ3v) is 6.46. The highest BCUT2D eigenvalue weighted by Crippen LogP contribution is 2.17. The Morgan fingerprint density at radius 3 is 2.36 bits per heavy atom. The van der Waals surface area contributed by atoms with Gasteiger partial charge in [0.1, 0.15) is 0 Å². The molecule has 3 rings (SSSR count). The minimum absolute atomic E-state index is 0. The second-order valence-corrected chi connectivity index (χ2v) is 8.87. The first kappa shape index (κ1) is 28.3. The average Bonchev–Trinajstić information content (AvgIpc) is 3.30. The molecule has 1 aromatic carbocycles. The van der Waals surface area contributed by atoms with Crippen LogP contribution in [-0.2, 0) is 22.6 Å². The number of rotatable bonds is 11. The monoisotopic (exact) mass is 573 g/mol. The second kappa shape index (κ2) is 15.9. The molecule has 188 valence electrons. The molecule has 2 saturated heterocycles. The van der Waals surface area contributed by atoms with Gasteiger partial charge in [-0.15, -0.1) is 24.0 Å². The van der Waals surface area contributed by atoms with Gasteiger partial charge in [-0.25, -0.2) is 4.99 Å². The summed E-state index contributed by atoms with van der Waals surface area (Å²) in [5.41, 5.74) is 2.66. The van der Waals surface area contributed by atoms with Gasteiger partial charge in [-0.2, -0.15) is 0 Å². The van der Waals surface area contributed by atoms with Gasteiger partial charge in [0.2, 0.25) is 0 Å². The van der Waals surface area contributed by atoms with Gasteiger partial charge in [0.25, 0.3) is 0 Å². The lowest BCUT2D eigenvalue weighted by Crippen LogP contribution is -2.45. The number of ether oxygens (including phenoxy) is 2. The van der Waals surface area contributed by atoms with Crippen molar-refractivity contribution in [2.45, 2.75) is 33.4 Å². The van der Waals surface area contributed by atoms with E-state index in [0.29, 0.717) is 25.7 Å². The third-order valence-electron chi connectivity index (χ3n) is 6.46. The quantitative estimate of drug-likeness (QED) is 0.190. The summed E-state index contributed by atoms with van der Waals surface area (Å²) < 4.78 is 10.8. The lowest BCUT2D eigenvalue weighted by Gasteiger charge is -2.34. The molecule has 0 aliphatic carbocycles. The van der Waals surface area contributed by atoms with Gasteiger partial charge in [-0.3, -0.25) is 4.90 Å². The van der Waals surface area contributed by atoms with Crippen LogP contribution in [-0.4, -0.2) is 99.9 Å². The molecule has 0 radical (unpaired) electrons. The smallest absolute Gasteiger partial charge is 0.194 e. The first-order valence-electron chi connectivity index (χ1n) is 12.3. The number of piperazine rings is 1. The Hall–Kier alpha value is -0.940. The van der Waals surface area contributed by atoms with Gasteiger partial charge in [0, 0.05) is 65.4 Å². The molecule has 2 fully saturated rings. The summed E-state index contributed by atoms with van der Waals surface area (Å²) in [7, 11) is 1.71. The number of hydrogen-bond donors (Lipinski definition) is 1. The van der Waals surface area contributed by atoms with Crippen molar-refractivity contribution >= 4 is 29.9 Å². The Kier molecular flexibility index (Phi) is 13.6. The van der Waals surface area contributed by atoms with E-state index in [1.54, 1.807) is 7.11 Å². The van der Waals surface area contributed by atoms with Crippen LogP contribution >= 0.6 is 24.0 Å². The fourth-order valence-corrected chi connectivity index (χ4v) is 4.42. The second-order valence-electron chi connectivity index (χ2n) is 8.87. The third kappa shape index (κ3) is 9.68. The molecule has 0 aromatic heterocycles. The Morgan fingerprint density at radius 2 is 1.70 bits per heavy atom. The van der Waals surface area contributed by atoms with Crippen molar-refractivity contribution in [2.75, 3.05) is 79.3 Å². The summed E-state index contributed by atoms with van der Waals surface area (Å²) in [5, 5.41) is 3.47. The van der Waals surface area contributed by atoms with E-state index in [-0.39, 0.29) is 24.0 Å². The van der Waals surface area contributed by atoms with Crippen molar-refractivity contribution in [2.24, 2.45) is 10.9 Å². The molecule has 1 unspecified atom stereocenters. The summed E-state index contributed by atoms with van der Waals surface area (Å²) in [6, 6.07) is 9.02. The number of hydrogen-bond acceptors (Lipinski definition) is 5. The maximum absolute atomic E-state index is 5.73. The van der Waals surface area contributed by atoms with Gasteiger partial charge in [0.05, 0.1) is 26.4 Å². The summed E-state index contributed by atoms with van der Waals surface area (Å²) in [6.07, 6.45) is 1.15. The summed E-state index contributed by atoms with van der Waals surface area (Å²) in [5.74, 6) is 1.58. The zero-order valence-corrected chi connectivity index (χ0v) is 23.1. The molecular weight excluding hydrogens is 529 g/mol. The van der Waals surface area contributed by atoms with Crippen LogP contribution in [0.25, 0.3) is 0 Å². The number of aliphatic imine (C=N–C) groups is 1. The fourth-order valence-electron chi connectivity index (χ4n) is 4.42. The molecule has 0 saturated carbocycles. The Bertz CT molecular complexity index is 680. The summed E-state index contributed by atoms with van der Waals surface area (Å²) >= 11 is 0. The average molecular weight is 574 g/mol. The number of benzene rings is 1. The predicted octanol–water partition coefficient (Wildman–Crippen LogP) is 2.89. The van der Waals surface area contributed by atoms with Crippen LogP contribution in [0.1, 0.15) is 31.4 Å². The summed E-state index contributed by atoms with van der Waals surface area (Å²) in [4.78, 5) is 12.4. The molecule has 8 heteroatoms. The molecule has 2 heterocycles. The SMILES string of the molecule is CCNC(=NCc1ccc(CN2CCN(CC)CC2)cc1)N1CCC(COCCOC)C1.I. The van der Waals surface area contributed by atoms with Crippen LogP contribution in [0.15, 0.2) is 29.3 Å². The molecular formula is C25H44IN5O2. The van der Waals surface area contributed by atoms with Gasteiger partial charge in [-0.1, -0.05) is 31.2 Å². The van der Waals surface area contributed by atoms with Crippen LogP contribution in [0.3, 0.4) is 0 Å². The standard InChI is InChI=1S/C25H43N5O2.HI/c1-4-26-25(30-11-10-24(20-30)21-32-17-16-31-3)27-18-22-6-8-23(9-7-22)19-29-14-12-28(5-2)13-15-29;/h6-9,24H,4-5,10-21H2,1-3H3,(H,26,27);1H. The van der Waals surface area contributed by atoms with E-state index in [0.717, 1.165) is 51.7 Å². The van der Waals surface area contributed by atoms with Gasteiger partial charge < -0.3 is 24.6 Å². The van der Waals surface area contributed by atoms with E-state index >= 15 is 0 Å². The Morgan fingerprint density at radius 1 is 1.00 bits per heavy atom. The lowest BCUT2D eigenvalue weighted by atomic mass is 10.1. The molecule has 0 amide bonds. The maximum Gasteiger partial charge on any atom is 0.194 e. The van der Waals surface area contributed by atoms with E-state index in [2.05, 4.69) is 58.1 Å². The van der Waals surface area contributed by atoms with Crippen molar-refractivity contribution in [1.29, 1.82) is 0 Å². The number of nitrogens with one attached hydrogen (secondary N) is 1. The topological polar surface area (TPSA) is 52.6 Å². The van der Waals surface area contributed by atoms with Gasteiger partial charge in [0.15, 0.2) is 5.96 Å². The molecule has 2 aliphatic rings. The highest BCUT2D eigenvalue weighted by molar-refractivity contribution is 14.0. The van der Waals surface area contributed by atoms with Crippen LogP contribution in [0, 0.1) is 5.92 Å². The maximum atomic E-state index is 5.73. The van der Waals surface area contributed by atoms with E-state index in [1.165, 1.54) is 37.3 Å². The number of nitrogens with zero attached hydrogens (tertiary/aromatic N) is 4. The first-order chi connectivity index (χ1) is 15.7. The number of guanidine groups is 1. The van der Waals surface area contributed by atoms with Gasteiger partial charge in [-0.05, 0) is 31.0 Å². The van der Waals surface area contributed by atoms with E-state index in [1.807, 2.05) is 0 Å². The minimum atomic E-state index is 0. The minimum Gasteiger partial charge on any atom is -0.382 e. The van der Waals surface area contributed by atoms with Crippen molar-refractivity contribution in [3.63, 3.8) is 0 Å². The summed E-state index contributed by atoms with van der Waals surface area (Å²) in [6.45, 7) is 17.1. The molecule has 7 nitrogen and oxygen atoms in total. The molecule has 1 aromatic rings. The van der Waals surface area contributed by atoms with Crippen molar-refractivity contribution in [1.82, 2.24) is 20.0 Å². The molecule has 0 spiro atoms. The zero-order valence-electron chi connectivity index (χ0n) is 20.8. The molecule has 33 heavy (non-hydrogen) atoms. The van der Waals surface area contributed by atoms with Crippen LogP contribution in [0.5, 0.6) is 0 Å². The number of likely N-dealkylation sites (tertiary alicyclic amines) is 1. The van der Waals surface area contributed by atoms with E-state index < -0.39 is 0 Å². The van der Waals surface area contributed by atoms with Crippen LogP contribution in [0.2, 0.25) is 0 Å². The lowest BCUT2D eigenvalue weighted by molar-refractivity contribution is 0.0536. The van der Waals surface area contributed by atoms with Crippen molar-refractivity contribution in [3.05, 3.63) is 35.4 Å². The highest BCUT2D eigenvalue weighted by Gasteiger charge is 2.25. The van der Waals surface area contributed by atoms with Crippen molar-refractivity contribution in [3.8, 4) is 0 Å².